The third-order valence-corrected chi connectivity index (χ3v) is 5.68. The van der Waals surface area contributed by atoms with Crippen LogP contribution in [0.1, 0.15) is 12.1 Å². The van der Waals surface area contributed by atoms with Crippen LogP contribution in [0.4, 0.5) is 0 Å². The molecule has 2 aromatic rings. The van der Waals surface area contributed by atoms with Gasteiger partial charge in [-0.15, -0.1) is 0 Å². The summed E-state index contributed by atoms with van der Waals surface area (Å²) in [4.78, 5) is 28.7. The van der Waals surface area contributed by atoms with Gasteiger partial charge in [-0.25, -0.2) is 13.4 Å². The zero-order valence-corrected chi connectivity index (χ0v) is 13.5. The standard InChI is InChI=1S/C15H17N3O4S/c1-10-15(20)18(13-5-3-2-4-12(13)16-10)8-14(19)17-11-6-7-23(21,22)9-11/h2-5,11H,6-9H2,1H3,(H,17,19)/t11-/m1/s1. The predicted octanol–water partition coefficient (Wildman–Crippen LogP) is 0.00822. The first kappa shape index (κ1) is 15.7. The molecule has 1 aromatic carbocycles. The monoisotopic (exact) mass is 335 g/mol. The summed E-state index contributed by atoms with van der Waals surface area (Å²) >= 11 is 0. The lowest BCUT2D eigenvalue weighted by Crippen LogP contribution is -2.40. The van der Waals surface area contributed by atoms with Gasteiger partial charge in [0.15, 0.2) is 9.84 Å². The Bertz CT molecular complexity index is 933. The number of fused-ring (bicyclic) bond motifs is 1. The van der Waals surface area contributed by atoms with Crippen LogP contribution in [0.5, 0.6) is 0 Å². The number of nitrogens with zero attached hydrogens (tertiary/aromatic N) is 2. The van der Waals surface area contributed by atoms with Crippen molar-refractivity contribution < 1.29 is 13.2 Å². The molecule has 1 aliphatic rings. The van der Waals surface area contributed by atoms with Gasteiger partial charge < -0.3 is 5.32 Å². The van der Waals surface area contributed by atoms with Gasteiger partial charge in [-0.2, -0.15) is 0 Å². The molecule has 1 saturated heterocycles. The zero-order valence-electron chi connectivity index (χ0n) is 12.7. The molecule has 2 heterocycles. The Kier molecular flexibility index (Phi) is 3.93. The van der Waals surface area contributed by atoms with E-state index in [4.69, 9.17) is 0 Å². The summed E-state index contributed by atoms with van der Waals surface area (Å²) in [7, 11) is -3.06. The van der Waals surface area contributed by atoms with Gasteiger partial charge in [0.1, 0.15) is 12.2 Å². The maximum atomic E-state index is 12.3. The van der Waals surface area contributed by atoms with Crippen LogP contribution in [-0.2, 0) is 21.2 Å². The van der Waals surface area contributed by atoms with E-state index in [0.29, 0.717) is 23.1 Å². The van der Waals surface area contributed by atoms with E-state index in [9.17, 15) is 18.0 Å². The molecule has 0 bridgehead atoms. The molecule has 0 aliphatic carbocycles. The average molecular weight is 335 g/mol. The number of carbonyl (C=O) groups is 1. The van der Waals surface area contributed by atoms with E-state index in [-0.39, 0.29) is 35.6 Å². The van der Waals surface area contributed by atoms with Crippen molar-refractivity contribution >= 4 is 26.8 Å². The van der Waals surface area contributed by atoms with E-state index in [1.165, 1.54) is 4.57 Å². The van der Waals surface area contributed by atoms with Crippen LogP contribution in [0.2, 0.25) is 0 Å². The zero-order chi connectivity index (χ0) is 16.6. The molecular weight excluding hydrogens is 318 g/mol. The van der Waals surface area contributed by atoms with Crippen molar-refractivity contribution in [2.45, 2.75) is 25.9 Å². The van der Waals surface area contributed by atoms with Crippen LogP contribution >= 0.6 is 0 Å². The van der Waals surface area contributed by atoms with Crippen molar-refractivity contribution in [3.63, 3.8) is 0 Å². The lowest BCUT2D eigenvalue weighted by Gasteiger charge is -2.14. The van der Waals surface area contributed by atoms with Crippen LogP contribution in [0.15, 0.2) is 29.1 Å². The van der Waals surface area contributed by atoms with Gasteiger partial charge in [0.2, 0.25) is 5.91 Å². The Morgan fingerprint density at radius 2 is 2.13 bits per heavy atom. The highest BCUT2D eigenvalue weighted by Crippen LogP contribution is 2.12. The number of aryl methyl sites for hydroxylation is 1. The van der Waals surface area contributed by atoms with E-state index in [2.05, 4.69) is 10.3 Å². The normalized spacial score (nSPS) is 19.8. The summed E-state index contributed by atoms with van der Waals surface area (Å²) in [6, 6.07) is 6.72. The molecule has 7 nitrogen and oxygen atoms in total. The number of rotatable bonds is 3. The Morgan fingerprint density at radius 1 is 1.39 bits per heavy atom. The predicted molar refractivity (Wildman–Crippen MR) is 85.9 cm³/mol. The van der Waals surface area contributed by atoms with Crippen molar-refractivity contribution in [2.24, 2.45) is 0 Å². The van der Waals surface area contributed by atoms with E-state index in [1.54, 1.807) is 25.1 Å². The van der Waals surface area contributed by atoms with Gasteiger partial charge in [-0.1, -0.05) is 12.1 Å². The number of carbonyl (C=O) groups excluding carboxylic acids is 1. The highest BCUT2D eigenvalue weighted by molar-refractivity contribution is 7.91. The van der Waals surface area contributed by atoms with Gasteiger partial charge in [0.05, 0.1) is 22.5 Å². The van der Waals surface area contributed by atoms with Gasteiger partial charge in [0.25, 0.3) is 5.56 Å². The van der Waals surface area contributed by atoms with E-state index in [0.717, 1.165) is 0 Å². The molecule has 0 unspecified atom stereocenters. The largest absolute Gasteiger partial charge is 0.351 e. The van der Waals surface area contributed by atoms with Crippen molar-refractivity contribution in [3.05, 3.63) is 40.3 Å². The van der Waals surface area contributed by atoms with E-state index in [1.807, 2.05) is 6.07 Å². The van der Waals surface area contributed by atoms with Gasteiger partial charge in [-0.3, -0.25) is 14.2 Å². The smallest absolute Gasteiger partial charge is 0.272 e. The molecule has 1 N–H and O–H groups in total. The molecule has 3 rings (SSSR count). The highest BCUT2D eigenvalue weighted by atomic mass is 32.2. The van der Waals surface area contributed by atoms with Gasteiger partial charge in [-0.05, 0) is 25.5 Å². The summed E-state index contributed by atoms with van der Waals surface area (Å²) < 4.78 is 24.3. The number of sulfone groups is 1. The summed E-state index contributed by atoms with van der Waals surface area (Å²) in [6.45, 7) is 1.45. The summed E-state index contributed by atoms with van der Waals surface area (Å²) in [5, 5.41) is 2.70. The highest BCUT2D eigenvalue weighted by Gasteiger charge is 2.29. The molecule has 0 spiro atoms. The first-order valence-electron chi connectivity index (χ1n) is 7.32. The Balaban J connectivity index is 1.85. The molecule has 1 atom stereocenters. The fourth-order valence-electron chi connectivity index (χ4n) is 2.80. The Labute approximate surface area is 133 Å². The van der Waals surface area contributed by atoms with E-state index < -0.39 is 9.84 Å². The minimum Gasteiger partial charge on any atom is -0.351 e. The van der Waals surface area contributed by atoms with E-state index >= 15 is 0 Å². The summed E-state index contributed by atoms with van der Waals surface area (Å²) in [5.74, 6) is -0.316. The number of hydrogen-bond acceptors (Lipinski definition) is 5. The second-order valence-corrected chi connectivity index (χ2v) is 7.97. The minimum absolute atomic E-state index is 0.0379. The Hall–Kier alpha value is -2.22. The molecule has 1 aromatic heterocycles. The van der Waals surface area contributed by atoms with Gasteiger partial charge in [0, 0.05) is 6.04 Å². The molecule has 1 aliphatic heterocycles. The Morgan fingerprint density at radius 3 is 2.83 bits per heavy atom. The number of hydrogen-bond donors (Lipinski definition) is 1. The maximum Gasteiger partial charge on any atom is 0.272 e. The van der Waals surface area contributed by atoms with Crippen LogP contribution in [-0.4, -0.2) is 41.4 Å². The lowest BCUT2D eigenvalue weighted by molar-refractivity contribution is -0.122. The minimum atomic E-state index is -3.06. The second kappa shape index (κ2) is 5.77. The maximum absolute atomic E-state index is 12.3. The number of amides is 1. The molecular formula is C15H17N3O4S. The SMILES string of the molecule is Cc1nc2ccccc2n(CC(=O)N[C@@H]2CCS(=O)(=O)C2)c1=O. The summed E-state index contributed by atoms with van der Waals surface area (Å²) in [5.41, 5.74) is 1.22. The van der Waals surface area contributed by atoms with Crippen LogP contribution in [0.25, 0.3) is 11.0 Å². The first-order chi connectivity index (χ1) is 10.9. The number of para-hydroxylation sites is 2. The average Bonchev–Trinajstić information content (AvgIpc) is 2.82. The summed E-state index contributed by atoms with van der Waals surface area (Å²) in [6.07, 6.45) is 0.416. The van der Waals surface area contributed by atoms with Crippen LogP contribution < -0.4 is 10.9 Å². The quantitative estimate of drug-likeness (QED) is 0.852. The molecule has 1 amide bonds. The molecule has 0 radical (unpaired) electrons. The molecule has 23 heavy (non-hydrogen) atoms. The molecule has 0 saturated carbocycles. The van der Waals surface area contributed by atoms with Crippen molar-refractivity contribution in [1.29, 1.82) is 0 Å². The number of aromatic nitrogens is 2. The fourth-order valence-corrected chi connectivity index (χ4v) is 4.48. The fraction of sp³-hybridized carbons (Fsp3) is 0.400. The third kappa shape index (κ3) is 3.26. The lowest BCUT2D eigenvalue weighted by atomic mass is 10.2. The van der Waals surface area contributed by atoms with Crippen LogP contribution in [0, 0.1) is 6.92 Å². The topological polar surface area (TPSA) is 98.1 Å². The van der Waals surface area contributed by atoms with Crippen molar-refractivity contribution in [1.82, 2.24) is 14.9 Å². The molecule has 1 fully saturated rings. The third-order valence-electron chi connectivity index (χ3n) is 3.91. The van der Waals surface area contributed by atoms with Crippen LogP contribution in [0.3, 0.4) is 0 Å². The first-order valence-corrected chi connectivity index (χ1v) is 9.14. The molecule has 122 valence electrons. The number of nitrogens with one attached hydrogen (secondary N) is 1. The molecule has 8 heteroatoms. The van der Waals surface area contributed by atoms with Crippen molar-refractivity contribution in [3.8, 4) is 0 Å². The van der Waals surface area contributed by atoms with Gasteiger partial charge >= 0.3 is 0 Å². The van der Waals surface area contributed by atoms with Crippen molar-refractivity contribution in [2.75, 3.05) is 11.5 Å². The number of benzene rings is 1. The second-order valence-electron chi connectivity index (χ2n) is 5.74.